The van der Waals surface area contributed by atoms with Gasteiger partial charge in [0.2, 0.25) is 0 Å². The number of phenols is 1. The first-order chi connectivity index (χ1) is 15.8. The molecule has 0 unspecified atom stereocenters. The van der Waals surface area contributed by atoms with E-state index in [4.69, 9.17) is 0 Å². The summed E-state index contributed by atoms with van der Waals surface area (Å²) in [4.78, 5) is 5.71. The number of hydrogen-bond acceptors (Lipinski definition) is 7. The third-order valence-electron chi connectivity index (χ3n) is 4.71. The third-order valence-corrected chi connectivity index (χ3v) is 8.36. The number of nitrogens with one attached hydrogen (secondary N) is 1. The van der Waals surface area contributed by atoms with Crippen molar-refractivity contribution in [2.24, 2.45) is 0 Å². The zero-order valence-corrected chi connectivity index (χ0v) is 20.9. The highest BCUT2D eigenvalue weighted by molar-refractivity contribution is 8.01. The Bertz CT molecular complexity index is 1590. The number of thiol groups is 1. The summed E-state index contributed by atoms with van der Waals surface area (Å²) in [6.07, 6.45) is 5.67. The van der Waals surface area contributed by atoms with Crippen molar-refractivity contribution in [1.29, 1.82) is 0 Å². The highest BCUT2D eigenvalue weighted by Crippen LogP contribution is 2.42. The van der Waals surface area contributed by atoms with Gasteiger partial charge in [-0.3, -0.25) is 4.72 Å². The zero-order chi connectivity index (χ0) is 23.6. The third kappa shape index (κ3) is 5.11. The van der Waals surface area contributed by atoms with Crippen LogP contribution < -0.4 is 14.6 Å². The largest absolute Gasteiger partial charge is 0.506 e. The van der Waals surface area contributed by atoms with Gasteiger partial charge in [-0.1, -0.05) is 60.8 Å². The number of rotatable bonds is 6. The molecule has 1 aromatic heterocycles. The number of phenolic OH excluding ortho intramolecular Hbond substituents is 1. The van der Waals surface area contributed by atoms with Gasteiger partial charge in [-0.2, -0.15) is 0 Å². The van der Waals surface area contributed by atoms with Crippen molar-refractivity contribution < 1.29 is 13.5 Å². The second kappa shape index (κ2) is 9.64. The molecule has 0 aliphatic rings. The van der Waals surface area contributed by atoms with Gasteiger partial charge in [0.25, 0.3) is 10.0 Å². The summed E-state index contributed by atoms with van der Waals surface area (Å²) in [5, 5.41) is 12.8. The molecule has 0 saturated carbocycles. The number of allylic oxidation sites excluding steroid dienone is 2. The topological polar surface area (TPSA) is 79.3 Å². The Hall–Kier alpha value is -2.72. The highest BCUT2D eigenvalue weighted by Gasteiger charge is 2.19. The van der Waals surface area contributed by atoms with Crippen molar-refractivity contribution in [1.82, 2.24) is 4.98 Å². The molecule has 0 radical (unpaired) electrons. The number of hydrogen-bond donors (Lipinski definition) is 3. The summed E-state index contributed by atoms with van der Waals surface area (Å²) >= 11 is 6.91. The van der Waals surface area contributed by atoms with Gasteiger partial charge in [-0.25, -0.2) is 13.4 Å². The molecule has 0 fully saturated rings. The number of sulfonamides is 1. The normalized spacial score (nSPS) is 12.6. The Morgan fingerprint density at radius 1 is 1.15 bits per heavy atom. The number of anilines is 1. The summed E-state index contributed by atoms with van der Waals surface area (Å²) < 4.78 is 30.3. The number of aromatic nitrogens is 1. The Morgan fingerprint density at radius 3 is 2.64 bits per heavy atom. The molecular formula is C24H20N2O3S4. The lowest BCUT2D eigenvalue weighted by atomic mass is 10.1. The first-order valence-corrected chi connectivity index (χ1v) is 13.4. The van der Waals surface area contributed by atoms with Crippen LogP contribution in [0.3, 0.4) is 0 Å². The molecule has 168 valence electrons. The smallest absolute Gasteiger partial charge is 0.261 e. The van der Waals surface area contributed by atoms with Crippen LogP contribution in [0, 0.1) is 0 Å². The molecule has 4 aromatic rings. The molecule has 3 aromatic carbocycles. The molecule has 0 aliphatic heterocycles. The lowest BCUT2D eigenvalue weighted by Gasteiger charge is -2.14. The molecule has 0 aliphatic carbocycles. The van der Waals surface area contributed by atoms with Crippen LogP contribution in [0.1, 0.15) is 6.92 Å². The summed E-state index contributed by atoms with van der Waals surface area (Å²) in [7, 11) is -3.87. The SMILES string of the molecule is C=c1sc(Sc2cc(NS(=O)(=O)c3cccc(S)c3)c3ccccc3c2O)n/c1=C/C=C\C. The van der Waals surface area contributed by atoms with E-state index in [0.29, 0.717) is 30.6 Å². The van der Waals surface area contributed by atoms with Gasteiger partial charge in [-0.05, 0) is 37.3 Å². The maximum Gasteiger partial charge on any atom is 0.261 e. The molecule has 2 N–H and O–H groups in total. The number of nitrogens with zero attached hydrogens (tertiary/aromatic N) is 1. The van der Waals surface area contributed by atoms with Crippen molar-refractivity contribution in [3.05, 3.63) is 76.6 Å². The van der Waals surface area contributed by atoms with Crippen LogP contribution in [0.2, 0.25) is 0 Å². The van der Waals surface area contributed by atoms with Crippen molar-refractivity contribution in [3.8, 4) is 5.75 Å². The molecule has 0 saturated heterocycles. The maximum absolute atomic E-state index is 13.1. The average molecular weight is 513 g/mol. The zero-order valence-electron chi connectivity index (χ0n) is 17.5. The Morgan fingerprint density at radius 2 is 1.91 bits per heavy atom. The van der Waals surface area contributed by atoms with Crippen LogP contribution in [0.15, 0.2) is 85.8 Å². The number of fused-ring (bicyclic) bond motifs is 1. The summed E-state index contributed by atoms with van der Waals surface area (Å²) in [5.74, 6) is 0.0655. The standard InChI is InChI=1S/C24H20N2O3S4/c1-3-4-12-20-15(2)31-24(25-20)32-22-14-21(18-10-5-6-11-19(18)23(22)27)26-33(28,29)17-9-7-8-16(30)13-17/h3-14,26-27,30H,2H2,1H3/b4-3-,20-12+. The minimum absolute atomic E-state index is 0.0655. The van der Waals surface area contributed by atoms with Gasteiger partial charge in [0, 0.05) is 20.2 Å². The van der Waals surface area contributed by atoms with Crippen LogP contribution in [0.5, 0.6) is 5.75 Å². The highest BCUT2D eigenvalue weighted by atomic mass is 32.2. The molecule has 0 atom stereocenters. The molecule has 0 bridgehead atoms. The fourth-order valence-electron chi connectivity index (χ4n) is 3.15. The number of thiazole rings is 1. The molecular weight excluding hydrogens is 493 g/mol. The summed E-state index contributed by atoms with van der Waals surface area (Å²) in [5.41, 5.74) is 0.363. The molecule has 9 heteroatoms. The second-order valence-corrected chi connectivity index (χ2v) is 11.6. The minimum atomic E-state index is -3.87. The first kappa shape index (κ1) is 23.4. The van der Waals surface area contributed by atoms with E-state index < -0.39 is 10.0 Å². The lowest BCUT2D eigenvalue weighted by Crippen LogP contribution is -2.18. The van der Waals surface area contributed by atoms with Gasteiger partial charge in [0.05, 0.1) is 20.8 Å². The van der Waals surface area contributed by atoms with E-state index in [1.165, 1.54) is 35.2 Å². The average Bonchev–Trinajstić information content (AvgIpc) is 3.14. The van der Waals surface area contributed by atoms with Gasteiger partial charge in [-0.15, -0.1) is 24.0 Å². The molecule has 1 heterocycles. The fourth-order valence-corrected chi connectivity index (χ4v) is 6.60. The Labute approximate surface area is 205 Å². The quantitative estimate of drug-likeness (QED) is 0.250. The Balaban J connectivity index is 1.80. The van der Waals surface area contributed by atoms with Gasteiger partial charge >= 0.3 is 0 Å². The number of benzene rings is 3. The lowest BCUT2D eigenvalue weighted by molar-refractivity contribution is 0.469. The Kier molecular flexibility index (Phi) is 6.85. The van der Waals surface area contributed by atoms with Crippen molar-refractivity contribution in [3.63, 3.8) is 0 Å². The fraction of sp³-hybridized carbons (Fsp3) is 0.0417. The summed E-state index contributed by atoms with van der Waals surface area (Å²) in [6.45, 7) is 5.95. The molecule has 4 rings (SSSR count). The number of aromatic hydroxyl groups is 1. The van der Waals surface area contributed by atoms with Crippen LogP contribution >= 0.6 is 35.7 Å². The molecule has 33 heavy (non-hydrogen) atoms. The van der Waals surface area contributed by atoms with E-state index in [1.807, 2.05) is 25.2 Å². The van der Waals surface area contributed by atoms with Gasteiger partial charge < -0.3 is 5.11 Å². The second-order valence-electron chi connectivity index (χ2n) is 7.00. The van der Waals surface area contributed by atoms with E-state index in [2.05, 4.69) is 28.9 Å². The predicted octanol–water partition coefficient (Wildman–Crippen LogP) is 5.01. The molecule has 0 amide bonds. The monoisotopic (exact) mass is 512 g/mol. The van der Waals surface area contributed by atoms with E-state index in [-0.39, 0.29) is 10.6 Å². The van der Waals surface area contributed by atoms with E-state index in [1.54, 1.807) is 42.5 Å². The van der Waals surface area contributed by atoms with E-state index in [0.717, 1.165) is 9.88 Å². The molecule has 0 spiro atoms. The summed E-state index contributed by atoms with van der Waals surface area (Å²) in [6, 6.07) is 15.1. The van der Waals surface area contributed by atoms with Crippen molar-refractivity contribution >= 4 is 74.9 Å². The minimum Gasteiger partial charge on any atom is -0.506 e. The van der Waals surface area contributed by atoms with Gasteiger partial charge in [0.1, 0.15) is 5.75 Å². The van der Waals surface area contributed by atoms with Crippen molar-refractivity contribution in [2.45, 2.75) is 25.9 Å². The maximum atomic E-state index is 13.1. The van der Waals surface area contributed by atoms with Crippen LogP contribution in [-0.2, 0) is 10.0 Å². The van der Waals surface area contributed by atoms with Gasteiger partial charge in [0.15, 0.2) is 4.34 Å². The van der Waals surface area contributed by atoms with Crippen LogP contribution in [-0.4, -0.2) is 18.5 Å². The van der Waals surface area contributed by atoms with Crippen LogP contribution in [0.25, 0.3) is 23.4 Å². The molecule has 5 nitrogen and oxygen atoms in total. The predicted molar refractivity (Wildman–Crippen MR) is 140 cm³/mol. The first-order valence-electron chi connectivity index (χ1n) is 9.81. The van der Waals surface area contributed by atoms with Crippen molar-refractivity contribution in [2.75, 3.05) is 4.72 Å². The van der Waals surface area contributed by atoms with E-state index >= 15 is 0 Å². The van der Waals surface area contributed by atoms with Crippen LogP contribution in [0.4, 0.5) is 5.69 Å². The van der Waals surface area contributed by atoms with E-state index in [9.17, 15) is 13.5 Å².